The van der Waals surface area contributed by atoms with Crippen LogP contribution in [0.3, 0.4) is 0 Å². The van der Waals surface area contributed by atoms with Gasteiger partial charge in [-0.25, -0.2) is 0 Å². The summed E-state index contributed by atoms with van der Waals surface area (Å²) in [6, 6.07) is 5.26. The minimum absolute atomic E-state index is 0.0835. The van der Waals surface area contributed by atoms with Crippen molar-refractivity contribution >= 4 is 33.4 Å². The maximum Gasteiger partial charge on any atom is 0.251 e. The third kappa shape index (κ3) is 4.50. The number of methoxy groups -OCH3 is 1. The zero-order valence-corrected chi connectivity index (χ0v) is 12.8. The first kappa shape index (κ1) is 15.3. The molecule has 0 aliphatic rings. The number of hydrogen-bond donors (Lipinski definition) is 1. The van der Waals surface area contributed by atoms with Gasteiger partial charge in [-0.15, -0.1) is 11.6 Å². The van der Waals surface area contributed by atoms with Gasteiger partial charge in [0, 0.05) is 18.0 Å². The normalized spacial score (nSPS) is 12.0. The Bertz CT molecular complexity index is 412. The molecule has 0 fully saturated rings. The Morgan fingerprint density at radius 2 is 2.28 bits per heavy atom. The number of hydrogen-bond acceptors (Lipinski definition) is 2. The summed E-state index contributed by atoms with van der Waals surface area (Å²) in [5, 5.41) is 2.89. The molecular formula is C13H17BrClNO2. The first-order valence-electron chi connectivity index (χ1n) is 5.76. The highest BCUT2D eigenvalue weighted by Crippen LogP contribution is 2.25. The third-order valence-electron chi connectivity index (χ3n) is 2.63. The van der Waals surface area contributed by atoms with E-state index in [1.165, 1.54) is 0 Å². The molecule has 1 atom stereocenters. The summed E-state index contributed by atoms with van der Waals surface area (Å²) in [5.74, 6) is 1.63. The second-order valence-corrected chi connectivity index (χ2v) is 5.37. The molecular weight excluding hydrogens is 318 g/mol. The smallest absolute Gasteiger partial charge is 0.251 e. The second kappa shape index (κ2) is 7.64. The molecule has 0 spiro atoms. The van der Waals surface area contributed by atoms with Crippen LogP contribution in [0.4, 0.5) is 0 Å². The highest BCUT2D eigenvalue weighted by molar-refractivity contribution is 9.10. The number of benzene rings is 1. The maximum absolute atomic E-state index is 11.9. The van der Waals surface area contributed by atoms with Gasteiger partial charge in [-0.2, -0.15) is 0 Å². The number of halogens is 2. The summed E-state index contributed by atoms with van der Waals surface area (Å²) in [7, 11) is 1.59. The molecule has 0 aromatic heterocycles. The molecule has 1 unspecified atom stereocenters. The van der Waals surface area contributed by atoms with Crippen LogP contribution in [0.2, 0.25) is 0 Å². The summed E-state index contributed by atoms with van der Waals surface area (Å²) in [4.78, 5) is 11.9. The van der Waals surface area contributed by atoms with Crippen LogP contribution >= 0.6 is 27.5 Å². The SMILES string of the molecule is COc1ccc(C(=O)NCC(C)CCCl)cc1Br. The summed E-state index contributed by atoms with van der Waals surface area (Å²) in [6.45, 7) is 2.70. The van der Waals surface area contributed by atoms with Crippen LogP contribution < -0.4 is 10.1 Å². The van der Waals surface area contributed by atoms with E-state index in [1.807, 2.05) is 0 Å². The fourth-order valence-electron chi connectivity index (χ4n) is 1.46. The molecule has 0 heterocycles. The van der Waals surface area contributed by atoms with Gasteiger partial charge in [0.1, 0.15) is 5.75 Å². The first-order chi connectivity index (χ1) is 8.58. The Balaban J connectivity index is 2.59. The molecule has 1 rings (SSSR count). The zero-order chi connectivity index (χ0) is 13.5. The summed E-state index contributed by atoms with van der Waals surface area (Å²) in [5.41, 5.74) is 0.612. The molecule has 18 heavy (non-hydrogen) atoms. The molecule has 5 heteroatoms. The predicted molar refractivity (Wildman–Crippen MR) is 77.5 cm³/mol. The van der Waals surface area contributed by atoms with Gasteiger partial charge in [-0.3, -0.25) is 4.79 Å². The van der Waals surface area contributed by atoms with Gasteiger partial charge in [0.2, 0.25) is 0 Å². The van der Waals surface area contributed by atoms with E-state index in [2.05, 4.69) is 28.2 Å². The lowest BCUT2D eigenvalue weighted by Gasteiger charge is -2.11. The van der Waals surface area contributed by atoms with Gasteiger partial charge in [0.05, 0.1) is 11.6 Å². The van der Waals surface area contributed by atoms with Crippen molar-refractivity contribution in [2.75, 3.05) is 19.5 Å². The Labute approximate surface area is 121 Å². The fraction of sp³-hybridized carbons (Fsp3) is 0.462. The fourth-order valence-corrected chi connectivity index (χ4v) is 2.38. The molecule has 1 aromatic rings. The average Bonchev–Trinajstić information content (AvgIpc) is 2.36. The molecule has 0 radical (unpaired) electrons. The molecule has 100 valence electrons. The number of carbonyl (C=O) groups is 1. The van der Waals surface area contributed by atoms with Crippen LogP contribution in [-0.2, 0) is 0 Å². The van der Waals surface area contributed by atoms with Gasteiger partial charge < -0.3 is 10.1 Å². The van der Waals surface area contributed by atoms with Crippen molar-refractivity contribution in [2.24, 2.45) is 5.92 Å². The van der Waals surface area contributed by atoms with Crippen molar-refractivity contribution < 1.29 is 9.53 Å². The lowest BCUT2D eigenvalue weighted by Crippen LogP contribution is -2.28. The van der Waals surface area contributed by atoms with Gasteiger partial charge in [-0.05, 0) is 46.5 Å². The largest absolute Gasteiger partial charge is 0.496 e. The van der Waals surface area contributed by atoms with Crippen molar-refractivity contribution in [3.05, 3.63) is 28.2 Å². The Hall–Kier alpha value is -0.740. The molecule has 1 amide bonds. The van der Waals surface area contributed by atoms with E-state index in [0.717, 1.165) is 10.9 Å². The molecule has 1 N–H and O–H groups in total. The molecule has 0 bridgehead atoms. The van der Waals surface area contributed by atoms with E-state index in [0.29, 0.717) is 29.7 Å². The van der Waals surface area contributed by atoms with Crippen molar-refractivity contribution in [2.45, 2.75) is 13.3 Å². The monoisotopic (exact) mass is 333 g/mol. The second-order valence-electron chi connectivity index (χ2n) is 4.14. The topological polar surface area (TPSA) is 38.3 Å². The van der Waals surface area contributed by atoms with Gasteiger partial charge >= 0.3 is 0 Å². The number of alkyl halides is 1. The number of amides is 1. The number of nitrogens with one attached hydrogen (secondary N) is 1. The van der Waals surface area contributed by atoms with Crippen molar-refractivity contribution in [3.8, 4) is 5.75 Å². The lowest BCUT2D eigenvalue weighted by atomic mass is 10.1. The Morgan fingerprint density at radius 1 is 1.56 bits per heavy atom. The summed E-state index contributed by atoms with van der Waals surface area (Å²) >= 11 is 9.01. The van der Waals surface area contributed by atoms with E-state index in [1.54, 1.807) is 25.3 Å². The third-order valence-corrected chi connectivity index (χ3v) is 3.46. The van der Waals surface area contributed by atoms with Crippen LogP contribution in [0.15, 0.2) is 22.7 Å². The molecule has 1 aromatic carbocycles. The van der Waals surface area contributed by atoms with Crippen LogP contribution in [0.1, 0.15) is 23.7 Å². The quantitative estimate of drug-likeness (QED) is 0.809. The van der Waals surface area contributed by atoms with E-state index in [9.17, 15) is 4.79 Å². The van der Waals surface area contributed by atoms with Gasteiger partial charge in [0.15, 0.2) is 0 Å². The predicted octanol–water partition coefficient (Wildman–Crippen LogP) is 3.45. The lowest BCUT2D eigenvalue weighted by molar-refractivity contribution is 0.0948. The Kier molecular flexibility index (Phi) is 6.50. The van der Waals surface area contributed by atoms with Crippen molar-refractivity contribution in [1.29, 1.82) is 0 Å². The standard InChI is InChI=1S/C13H17BrClNO2/c1-9(5-6-15)8-16-13(17)10-3-4-12(18-2)11(14)7-10/h3-4,7,9H,5-6,8H2,1-2H3,(H,16,17). The van der Waals surface area contributed by atoms with E-state index in [4.69, 9.17) is 16.3 Å². The van der Waals surface area contributed by atoms with Crippen LogP contribution in [0.25, 0.3) is 0 Å². The van der Waals surface area contributed by atoms with Crippen LogP contribution in [0.5, 0.6) is 5.75 Å². The zero-order valence-electron chi connectivity index (χ0n) is 10.5. The molecule has 0 saturated heterocycles. The first-order valence-corrected chi connectivity index (χ1v) is 7.09. The van der Waals surface area contributed by atoms with Crippen molar-refractivity contribution in [3.63, 3.8) is 0 Å². The molecule has 0 aliphatic carbocycles. The van der Waals surface area contributed by atoms with E-state index in [-0.39, 0.29) is 5.91 Å². The van der Waals surface area contributed by atoms with Crippen LogP contribution in [0, 0.1) is 5.92 Å². The summed E-state index contributed by atoms with van der Waals surface area (Å²) < 4.78 is 5.89. The molecule has 0 aliphatic heterocycles. The van der Waals surface area contributed by atoms with Crippen LogP contribution in [-0.4, -0.2) is 25.4 Å². The minimum atomic E-state index is -0.0835. The number of carbonyl (C=O) groups excluding carboxylic acids is 1. The highest BCUT2D eigenvalue weighted by Gasteiger charge is 2.10. The van der Waals surface area contributed by atoms with Gasteiger partial charge in [0.25, 0.3) is 5.91 Å². The van der Waals surface area contributed by atoms with E-state index < -0.39 is 0 Å². The average molecular weight is 335 g/mol. The molecule has 0 saturated carbocycles. The summed E-state index contributed by atoms with van der Waals surface area (Å²) in [6.07, 6.45) is 0.897. The number of ether oxygens (including phenoxy) is 1. The van der Waals surface area contributed by atoms with Crippen molar-refractivity contribution in [1.82, 2.24) is 5.32 Å². The number of rotatable bonds is 6. The maximum atomic E-state index is 11.9. The minimum Gasteiger partial charge on any atom is -0.496 e. The highest BCUT2D eigenvalue weighted by atomic mass is 79.9. The van der Waals surface area contributed by atoms with E-state index >= 15 is 0 Å². The molecule has 3 nitrogen and oxygen atoms in total. The Morgan fingerprint density at radius 3 is 2.83 bits per heavy atom. The van der Waals surface area contributed by atoms with Gasteiger partial charge in [-0.1, -0.05) is 6.92 Å².